The van der Waals surface area contributed by atoms with Crippen molar-refractivity contribution in [2.45, 2.75) is 12.8 Å². The van der Waals surface area contributed by atoms with E-state index in [1.165, 1.54) is 6.42 Å². The Morgan fingerprint density at radius 3 is 3.71 bits per heavy atom. The molecule has 0 spiro atoms. The Balaban J connectivity index is 2.40. The van der Waals surface area contributed by atoms with Gasteiger partial charge in [0.25, 0.3) is 0 Å². The molecule has 1 aliphatic heterocycles. The fourth-order valence-corrected chi connectivity index (χ4v) is 0.971. The smallest absolute Gasteiger partial charge is 0.0164 e. The van der Waals surface area contributed by atoms with Crippen molar-refractivity contribution in [1.82, 2.24) is 0 Å². The quantitative estimate of drug-likeness (QED) is 0.435. The van der Waals surface area contributed by atoms with Gasteiger partial charge in [0.05, 0.1) is 0 Å². The molecule has 0 saturated heterocycles. The number of hydrogen-bond donors (Lipinski definition) is 0. The average Bonchev–Trinajstić information content (AvgIpc) is 1.90. The van der Waals surface area contributed by atoms with Crippen LogP contribution < -0.4 is 0 Å². The molecule has 0 bridgehead atoms. The molecule has 1 aliphatic rings. The van der Waals surface area contributed by atoms with Gasteiger partial charge in [-0.2, -0.15) is 4.40 Å². The summed E-state index contributed by atoms with van der Waals surface area (Å²) in [5, 5.41) is 0. The number of rotatable bonds is 0. The Hall–Kier alpha value is -0.200. The van der Waals surface area contributed by atoms with Crippen molar-refractivity contribution in [2.75, 3.05) is 5.75 Å². The predicted molar refractivity (Wildman–Crippen MR) is 33.7 cm³/mol. The zero-order valence-corrected chi connectivity index (χ0v) is 4.87. The fraction of sp³-hybridized carbons (Fsp3) is 0.600. The van der Waals surface area contributed by atoms with E-state index in [0.717, 1.165) is 12.2 Å². The summed E-state index contributed by atoms with van der Waals surface area (Å²) in [7, 11) is 0. The van der Waals surface area contributed by atoms with Crippen LogP contribution in [-0.2, 0) is 0 Å². The predicted octanol–water partition coefficient (Wildman–Crippen LogP) is 1.65. The molecule has 1 heterocycles. The monoisotopic (exact) mass is 113 g/mol. The molecule has 0 atom stereocenters. The van der Waals surface area contributed by atoms with Crippen LogP contribution in [0.15, 0.2) is 10.5 Å². The van der Waals surface area contributed by atoms with Crippen molar-refractivity contribution >= 4 is 17.8 Å². The summed E-state index contributed by atoms with van der Waals surface area (Å²) in [6.45, 7) is 0. The highest BCUT2D eigenvalue weighted by Gasteiger charge is 1.85. The second-order valence-electron chi connectivity index (χ2n) is 1.40. The number of nitrogens with zero attached hydrogens (tertiary/aromatic N) is 1. The summed E-state index contributed by atoms with van der Waals surface area (Å²) in [5.74, 6) is 3.97. The van der Waals surface area contributed by atoms with Gasteiger partial charge in [-0.15, -0.1) is 0 Å². The standard InChI is InChI=1S/C5H7NS/c1-2-4-6-7-5-3-1/h2H,1,3,5H2. The lowest BCUT2D eigenvalue weighted by Gasteiger charge is -1.83. The van der Waals surface area contributed by atoms with E-state index in [9.17, 15) is 0 Å². The van der Waals surface area contributed by atoms with Crippen LogP contribution in [0.1, 0.15) is 12.8 Å². The third-order valence-corrected chi connectivity index (χ3v) is 1.50. The van der Waals surface area contributed by atoms with Gasteiger partial charge in [0.15, 0.2) is 0 Å². The first kappa shape index (κ1) is 4.95. The van der Waals surface area contributed by atoms with Crippen LogP contribution in [0.25, 0.3) is 0 Å². The van der Waals surface area contributed by atoms with Crippen molar-refractivity contribution in [3.8, 4) is 0 Å². The maximum atomic E-state index is 3.88. The van der Waals surface area contributed by atoms with E-state index in [0.29, 0.717) is 0 Å². The van der Waals surface area contributed by atoms with E-state index in [1.807, 2.05) is 6.08 Å². The molecule has 1 rings (SSSR count). The summed E-state index contributed by atoms with van der Waals surface area (Å²) < 4.78 is 3.88. The topological polar surface area (TPSA) is 12.4 Å². The van der Waals surface area contributed by atoms with Crippen LogP contribution in [-0.4, -0.2) is 11.6 Å². The van der Waals surface area contributed by atoms with Crippen molar-refractivity contribution in [3.05, 3.63) is 6.08 Å². The summed E-state index contributed by atoms with van der Waals surface area (Å²) in [6, 6.07) is 0. The largest absolute Gasteiger partial charge is 0.174 e. The highest BCUT2D eigenvalue weighted by atomic mass is 32.2. The molecule has 0 N–H and O–H groups in total. The Bertz CT molecular complexity index is 92.6. The highest BCUT2D eigenvalue weighted by molar-refractivity contribution is 7.98. The molecular formula is C5H7NS. The van der Waals surface area contributed by atoms with Crippen molar-refractivity contribution in [1.29, 1.82) is 0 Å². The van der Waals surface area contributed by atoms with Crippen LogP contribution in [0.3, 0.4) is 0 Å². The van der Waals surface area contributed by atoms with Crippen LogP contribution in [0.4, 0.5) is 0 Å². The summed E-state index contributed by atoms with van der Waals surface area (Å²) in [5.41, 5.74) is 0. The van der Waals surface area contributed by atoms with Gasteiger partial charge in [0.2, 0.25) is 0 Å². The second-order valence-corrected chi connectivity index (χ2v) is 2.25. The summed E-state index contributed by atoms with van der Waals surface area (Å²) in [4.78, 5) is 0. The number of allylic oxidation sites excluding steroid dienone is 1. The normalized spacial score (nSPS) is 19.4. The molecule has 0 unspecified atom stereocenters. The van der Waals surface area contributed by atoms with Gasteiger partial charge in [0, 0.05) is 5.75 Å². The van der Waals surface area contributed by atoms with E-state index >= 15 is 0 Å². The maximum absolute atomic E-state index is 3.88. The highest BCUT2D eigenvalue weighted by Crippen LogP contribution is 2.06. The van der Waals surface area contributed by atoms with E-state index in [4.69, 9.17) is 0 Å². The van der Waals surface area contributed by atoms with E-state index < -0.39 is 0 Å². The first-order valence-electron chi connectivity index (χ1n) is 2.39. The van der Waals surface area contributed by atoms with Gasteiger partial charge in [-0.3, -0.25) is 0 Å². The van der Waals surface area contributed by atoms with Gasteiger partial charge in [0.1, 0.15) is 0 Å². The minimum Gasteiger partial charge on any atom is -0.174 e. The second kappa shape index (κ2) is 2.89. The van der Waals surface area contributed by atoms with Crippen LogP contribution >= 0.6 is 11.9 Å². The molecular weight excluding hydrogens is 106 g/mol. The van der Waals surface area contributed by atoms with Gasteiger partial charge < -0.3 is 0 Å². The van der Waals surface area contributed by atoms with E-state index in [1.54, 1.807) is 11.9 Å². The van der Waals surface area contributed by atoms with Crippen molar-refractivity contribution in [3.63, 3.8) is 0 Å². The molecule has 0 aromatic rings. The lowest BCUT2D eigenvalue weighted by Crippen LogP contribution is -1.70. The summed E-state index contributed by atoms with van der Waals surface area (Å²) >= 11 is 1.60. The fourth-order valence-electron chi connectivity index (χ4n) is 0.435. The van der Waals surface area contributed by atoms with Crippen molar-refractivity contribution < 1.29 is 0 Å². The van der Waals surface area contributed by atoms with E-state index in [-0.39, 0.29) is 0 Å². The Labute approximate surface area is 47.7 Å². The lowest BCUT2D eigenvalue weighted by molar-refractivity contribution is 0.981. The number of hydrogen-bond acceptors (Lipinski definition) is 2. The third kappa shape index (κ3) is 1.81. The van der Waals surface area contributed by atoms with Gasteiger partial charge in [-0.05, 0) is 36.7 Å². The molecule has 1 nitrogen and oxygen atoms in total. The molecule has 0 saturated carbocycles. The Kier molecular flexibility index (Phi) is 2.04. The third-order valence-electron chi connectivity index (χ3n) is 0.793. The Morgan fingerprint density at radius 2 is 2.71 bits per heavy atom. The lowest BCUT2D eigenvalue weighted by atomic mass is 10.3. The zero-order chi connectivity index (χ0) is 4.95. The minimum absolute atomic E-state index is 1.15. The first-order valence-corrected chi connectivity index (χ1v) is 3.33. The molecule has 2 heteroatoms. The summed E-state index contributed by atoms with van der Waals surface area (Å²) in [6.07, 6.45) is 4.39. The Morgan fingerprint density at radius 1 is 1.71 bits per heavy atom. The molecule has 0 radical (unpaired) electrons. The average molecular weight is 113 g/mol. The molecule has 0 amide bonds. The van der Waals surface area contributed by atoms with Crippen molar-refractivity contribution in [2.24, 2.45) is 4.40 Å². The van der Waals surface area contributed by atoms with Crippen LogP contribution in [0.5, 0.6) is 0 Å². The molecule has 7 heavy (non-hydrogen) atoms. The molecule has 0 aliphatic carbocycles. The molecule has 0 aromatic heterocycles. The molecule has 0 aromatic carbocycles. The van der Waals surface area contributed by atoms with Gasteiger partial charge in [-0.25, -0.2) is 0 Å². The SMILES string of the molecule is C1=CCCCSN=1. The minimum atomic E-state index is 1.15. The molecule has 0 fully saturated rings. The first-order chi connectivity index (χ1) is 3.50. The van der Waals surface area contributed by atoms with Crippen LogP contribution in [0, 0.1) is 0 Å². The molecule has 38 valence electrons. The maximum Gasteiger partial charge on any atom is 0.0164 e. The zero-order valence-electron chi connectivity index (χ0n) is 4.05. The van der Waals surface area contributed by atoms with Gasteiger partial charge in [-0.1, -0.05) is 0 Å². The van der Waals surface area contributed by atoms with Gasteiger partial charge >= 0.3 is 0 Å². The van der Waals surface area contributed by atoms with Crippen LogP contribution in [0.2, 0.25) is 0 Å². The van der Waals surface area contributed by atoms with E-state index in [2.05, 4.69) is 10.3 Å².